The molecule has 0 aromatic carbocycles. The van der Waals surface area contributed by atoms with Crippen molar-refractivity contribution in [3.63, 3.8) is 0 Å². The van der Waals surface area contributed by atoms with Gasteiger partial charge in [-0.05, 0) is 6.42 Å². The molecule has 0 aromatic rings. The van der Waals surface area contributed by atoms with Crippen LogP contribution in [0.3, 0.4) is 0 Å². The Balaban J connectivity index is 2.04. The highest BCUT2D eigenvalue weighted by molar-refractivity contribution is 5.71. The molecular formula is C12H18O3. The monoisotopic (exact) mass is 210 g/mol. The van der Waals surface area contributed by atoms with Gasteiger partial charge in [0.2, 0.25) is 0 Å². The molecule has 0 saturated heterocycles. The van der Waals surface area contributed by atoms with Crippen LogP contribution < -0.4 is 0 Å². The molecule has 0 bridgehead atoms. The normalized spacial score (nSPS) is 19.5. The molecule has 1 unspecified atom stereocenters. The smallest absolute Gasteiger partial charge is 0.308 e. The number of carbonyl (C=O) groups is 1. The molecule has 0 aliphatic heterocycles. The number of rotatable bonds is 5. The van der Waals surface area contributed by atoms with Gasteiger partial charge in [-0.1, -0.05) is 38.2 Å². The van der Waals surface area contributed by atoms with Crippen molar-refractivity contribution in [2.24, 2.45) is 5.92 Å². The van der Waals surface area contributed by atoms with Gasteiger partial charge in [-0.3, -0.25) is 4.79 Å². The van der Waals surface area contributed by atoms with Gasteiger partial charge in [0.15, 0.2) is 0 Å². The van der Waals surface area contributed by atoms with Crippen molar-refractivity contribution < 1.29 is 14.3 Å². The molecule has 0 spiro atoms. The number of ether oxygens (including phenoxy) is 2. The molecule has 1 atom stereocenters. The van der Waals surface area contributed by atoms with Crippen molar-refractivity contribution >= 4 is 5.97 Å². The Labute approximate surface area is 90.8 Å². The Morgan fingerprint density at radius 2 is 2.20 bits per heavy atom. The minimum Gasteiger partial charge on any atom is -0.463 e. The Morgan fingerprint density at radius 3 is 2.80 bits per heavy atom. The first kappa shape index (κ1) is 12.0. The molecule has 0 aromatic heterocycles. The number of allylic oxidation sites excluding steroid dienone is 2. The molecule has 0 saturated carbocycles. The predicted molar refractivity (Wildman–Crippen MR) is 58.4 cm³/mol. The Morgan fingerprint density at radius 1 is 1.40 bits per heavy atom. The van der Waals surface area contributed by atoms with E-state index in [1.807, 2.05) is 32.1 Å². The summed E-state index contributed by atoms with van der Waals surface area (Å²) in [6.45, 7) is 4.43. The first-order valence-electron chi connectivity index (χ1n) is 5.31. The minimum atomic E-state index is -0.169. The summed E-state index contributed by atoms with van der Waals surface area (Å²) in [5.74, 6) is -0.236. The highest BCUT2D eigenvalue weighted by Crippen LogP contribution is 2.07. The van der Waals surface area contributed by atoms with Crippen molar-refractivity contribution in [1.29, 1.82) is 0 Å². The van der Waals surface area contributed by atoms with Gasteiger partial charge >= 0.3 is 5.97 Å². The summed E-state index contributed by atoms with van der Waals surface area (Å²) in [6.07, 6.45) is 9.06. The van der Waals surface area contributed by atoms with Gasteiger partial charge in [0.05, 0.1) is 18.6 Å². The molecule has 0 N–H and O–H groups in total. The van der Waals surface area contributed by atoms with Gasteiger partial charge in [-0.2, -0.15) is 0 Å². The number of carbonyl (C=O) groups excluding carboxylic acids is 1. The molecule has 3 heteroatoms. The van der Waals surface area contributed by atoms with Gasteiger partial charge in [0, 0.05) is 0 Å². The number of hydrogen-bond acceptors (Lipinski definition) is 3. The van der Waals surface area contributed by atoms with Crippen LogP contribution in [0.2, 0.25) is 0 Å². The van der Waals surface area contributed by atoms with Crippen LogP contribution in [0.25, 0.3) is 0 Å². The van der Waals surface area contributed by atoms with Crippen molar-refractivity contribution in [3.05, 3.63) is 24.3 Å². The van der Waals surface area contributed by atoms with Crippen molar-refractivity contribution in [3.8, 4) is 0 Å². The molecule has 84 valence electrons. The maximum Gasteiger partial charge on any atom is 0.308 e. The van der Waals surface area contributed by atoms with E-state index < -0.39 is 0 Å². The van der Waals surface area contributed by atoms with E-state index in [-0.39, 0.29) is 18.0 Å². The van der Waals surface area contributed by atoms with E-state index in [2.05, 4.69) is 6.08 Å². The molecule has 15 heavy (non-hydrogen) atoms. The zero-order chi connectivity index (χ0) is 11.1. The van der Waals surface area contributed by atoms with Gasteiger partial charge < -0.3 is 9.47 Å². The van der Waals surface area contributed by atoms with Gasteiger partial charge in [0.25, 0.3) is 0 Å². The van der Waals surface area contributed by atoms with Crippen LogP contribution in [-0.2, 0) is 14.3 Å². The van der Waals surface area contributed by atoms with Crippen LogP contribution in [0.15, 0.2) is 24.3 Å². The average Bonchev–Trinajstić information content (AvgIpc) is 2.25. The summed E-state index contributed by atoms with van der Waals surface area (Å²) in [5, 5.41) is 0. The summed E-state index contributed by atoms with van der Waals surface area (Å²) < 4.78 is 10.5. The van der Waals surface area contributed by atoms with Crippen molar-refractivity contribution in [2.75, 3.05) is 13.2 Å². The molecule has 0 amide bonds. The molecule has 0 radical (unpaired) electrons. The van der Waals surface area contributed by atoms with E-state index in [0.717, 1.165) is 6.42 Å². The summed E-state index contributed by atoms with van der Waals surface area (Å²) in [7, 11) is 0. The second-order valence-electron chi connectivity index (χ2n) is 3.78. The zero-order valence-corrected chi connectivity index (χ0v) is 9.31. The fourth-order valence-electron chi connectivity index (χ4n) is 1.19. The quantitative estimate of drug-likeness (QED) is 0.515. The van der Waals surface area contributed by atoms with Crippen molar-refractivity contribution in [1.82, 2.24) is 0 Å². The van der Waals surface area contributed by atoms with Crippen LogP contribution >= 0.6 is 0 Å². The molecule has 0 fully saturated rings. The number of hydrogen-bond donors (Lipinski definition) is 0. The van der Waals surface area contributed by atoms with E-state index in [1.165, 1.54) is 0 Å². The van der Waals surface area contributed by atoms with Crippen LogP contribution in [-0.4, -0.2) is 25.3 Å². The lowest BCUT2D eigenvalue weighted by molar-refractivity contribution is -0.149. The van der Waals surface area contributed by atoms with Crippen LogP contribution in [0.4, 0.5) is 0 Å². The maximum absolute atomic E-state index is 11.1. The van der Waals surface area contributed by atoms with E-state index in [9.17, 15) is 4.79 Å². The maximum atomic E-state index is 11.1. The fourth-order valence-corrected chi connectivity index (χ4v) is 1.19. The summed E-state index contributed by atoms with van der Waals surface area (Å²) in [5.41, 5.74) is 0. The molecule has 1 aliphatic carbocycles. The third-order valence-corrected chi connectivity index (χ3v) is 2.07. The lowest BCUT2D eigenvalue weighted by Crippen LogP contribution is -2.18. The Kier molecular flexibility index (Phi) is 5.12. The second kappa shape index (κ2) is 6.40. The topological polar surface area (TPSA) is 35.5 Å². The van der Waals surface area contributed by atoms with Crippen LogP contribution in [0, 0.1) is 5.92 Å². The highest BCUT2D eigenvalue weighted by atomic mass is 16.6. The van der Waals surface area contributed by atoms with Gasteiger partial charge in [0.1, 0.15) is 6.61 Å². The standard InChI is InChI=1S/C12H18O3/c1-10(2)12(13)15-9-8-14-11-6-4-3-5-7-11/h3-6,10-11H,7-9H2,1-2H3. The Hall–Kier alpha value is -1.09. The van der Waals surface area contributed by atoms with Crippen LogP contribution in [0.5, 0.6) is 0 Å². The van der Waals surface area contributed by atoms with Crippen molar-refractivity contribution in [2.45, 2.75) is 26.4 Å². The van der Waals surface area contributed by atoms with E-state index >= 15 is 0 Å². The SMILES string of the molecule is CC(C)C(=O)OCCOC1C=CC=CC1. The first-order valence-corrected chi connectivity index (χ1v) is 5.31. The third-order valence-electron chi connectivity index (χ3n) is 2.07. The lowest BCUT2D eigenvalue weighted by Gasteiger charge is -2.14. The summed E-state index contributed by atoms with van der Waals surface area (Å²) in [6, 6.07) is 0. The molecule has 3 nitrogen and oxygen atoms in total. The predicted octanol–water partition coefficient (Wildman–Crippen LogP) is 2.09. The first-order chi connectivity index (χ1) is 7.20. The van der Waals surface area contributed by atoms with E-state index in [1.54, 1.807) is 0 Å². The van der Waals surface area contributed by atoms with E-state index in [4.69, 9.17) is 9.47 Å². The van der Waals surface area contributed by atoms with Gasteiger partial charge in [-0.25, -0.2) is 0 Å². The molecule has 0 heterocycles. The molecule has 1 aliphatic rings. The minimum absolute atomic E-state index is 0.0671. The largest absolute Gasteiger partial charge is 0.463 e. The third kappa shape index (κ3) is 4.79. The summed E-state index contributed by atoms with van der Waals surface area (Å²) in [4.78, 5) is 11.1. The average molecular weight is 210 g/mol. The summed E-state index contributed by atoms with van der Waals surface area (Å²) >= 11 is 0. The Bertz CT molecular complexity index is 254. The zero-order valence-electron chi connectivity index (χ0n) is 9.31. The lowest BCUT2D eigenvalue weighted by atomic mass is 10.1. The number of esters is 1. The molecular weight excluding hydrogens is 192 g/mol. The molecule has 1 rings (SSSR count). The van der Waals surface area contributed by atoms with Crippen LogP contribution in [0.1, 0.15) is 20.3 Å². The fraction of sp³-hybridized carbons (Fsp3) is 0.583. The van der Waals surface area contributed by atoms with E-state index in [0.29, 0.717) is 13.2 Å². The second-order valence-corrected chi connectivity index (χ2v) is 3.78. The van der Waals surface area contributed by atoms with Gasteiger partial charge in [-0.15, -0.1) is 0 Å². The highest BCUT2D eigenvalue weighted by Gasteiger charge is 2.09.